The van der Waals surface area contributed by atoms with Crippen molar-refractivity contribution in [2.45, 2.75) is 38.8 Å². The minimum Gasteiger partial charge on any atom is -0.494 e. The minimum absolute atomic E-state index is 0.00101. The molecule has 0 radical (unpaired) electrons. The first-order valence-corrected chi connectivity index (χ1v) is 12.9. The number of carbonyl (C=O) groups is 2. The summed E-state index contributed by atoms with van der Waals surface area (Å²) in [6.07, 6.45) is 5.00. The molecular formula is C28H35N3O4. The summed E-state index contributed by atoms with van der Waals surface area (Å²) < 4.78 is 11.2. The van der Waals surface area contributed by atoms with Crippen LogP contribution in [0.1, 0.15) is 57.5 Å². The predicted octanol–water partition coefficient (Wildman–Crippen LogP) is 3.57. The van der Waals surface area contributed by atoms with Crippen LogP contribution in [-0.4, -0.2) is 79.1 Å². The molecule has 2 saturated heterocycles. The van der Waals surface area contributed by atoms with Crippen LogP contribution in [0.4, 0.5) is 0 Å². The van der Waals surface area contributed by atoms with E-state index in [4.69, 9.17) is 9.47 Å². The number of amides is 2. The Kier molecular flexibility index (Phi) is 7.64. The first-order valence-electron chi connectivity index (χ1n) is 12.9. The van der Waals surface area contributed by atoms with Crippen LogP contribution >= 0.6 is 0 Å². The molecule has 5 rings (SSSR count). The van der Waals surface area contributed by atoms with Gasteiger partial charge in [-0.15, -0.1) is 0 Å². The summed E-state index contributed by atoms with van der Waals surface area (Å²) in [6.45, 7) is 7.70. The quantitative estimate of drug-likeness (QED) is 0.571. The van der Waals surface area contributed by atoms with E-state index in [0.29, 0.717) is 57.1 Å². The lowest BCUT2D eigenvalue weighted by atomic mass is 10.1. The van der Waals surface area contributed by atoms with Crippen molar-refractivity contribution in [3.05, 3.63) is 64.7 Å². The topological polar surface area (TPSA) is 62.3 Å². The lowest BCUT2D eigenvalue weighted by Gasteiger charge is -2.27. The van der Waals surface area contributed by atoms with Crippen LogP contribution in [0.15, 0.2) is 42.5 Å². The summed E-state index contributed by atoms with van der Waals surface area (Å²) in [5.74, 6) is 0.836. The van der Waals surface area contributed by atoms with Gasteiger partial charge in [0, 0.05) is 43.9 Å². The van der Waals surface area contributed by atoms with E-state index in [1.165, 1.54) is 32.4 Å². The zero-order chi connectivity index (χ0) is 24.0. The molecule has 0 spiro atoms. The maximum absolute atomic E-state index is 13.1. The zero-order valence-electron chi connectivity index (χ0n) is 20.4. The van der Waals surface area contributed by atoms with Crippen LogP contribution in [0.2, 0.25) is 0 Å². The second-order valence-corrected chi connectivity index (χ2v) is 9.68. The molecule has 0 aromatic heterocycles. The normalized spacial score (nSPS) is 18.4. The first-order chi connectivity index (χ1) is 17.2. The Morgan fingerprint density at radius 1 is 0.771 bits per heavy atom. The zero-order valence-corrected chi connectivity index (χ0v) is 20.4. The lowest BCUT2D eigenvalue weighted by Crippen LogP contribution is -2.40. The van der Waals surface area contributed by atoms with Crippen molar-refractivity contribution in [3.63, 3.8) is 0 Å². The molecule has 0 bridgehead atoms. The summed E-state index contributed by atoms with van der Waals surface area (Å²) in [5, 5.41) is 0. The van der Waals surface area contributed by atoms with Crippen molar-refractivity contribution in [2.75, 3.05) is 52.5 Å². The number of nitrogens with zero attached hydrogens (tertiary/aromatic N) is 3. The van der Waals surface area contributed by atoms with Gasteiger partial charge in [0.2, 0.25) is 0 Å². The summed E-state index contributed by atoms with van der Waals surface area (Å²) in [5.41, 5.74) is 3.49. The molecule has 0 aliphatic carbocycles. The molecule has 7 heteroatoms. The number of morpholine rings is 1. The van der Waals surface area contributed by atoms with E-state index >= 15 is 0 Å². The Hall–Kier alpha value is -2.90. The van der Waals surface area contributed by atoms with Gasteiger partial charge in [-0.3, -0.25) is 9.59 Å². The largest absolute Gasteiger partial charge is 0.494 e. The van der Waals surface area contributed by atoms with E-state index in [1.807, 2.05) is 52.3 Å². The summed E-state index contributed by atoms with van der Waals surface area (Å²) >= 11 is 0. The van der Waals surface area contributed by atoms with Crippen molar-refractivity contribution in [3.8, 4) is 5.75 Å². The molecule has 2 fully saturated rings. The molecule has 0 atom stereocenters. The molecule has 35 heavy (non-hydrogen) atoms. The Morgan fingerprint density at radius 3 is 2.23 bits per heavy atom. The number of hydrogen-bond donors (Lipinski definition) is 0. The number of fused-ring (bicyclic) bond motifs is 1. The van der Waals surface area contributed by atoms with Crippen molar-refractivity contribution in [1.82, 2.24) is 14.7 Å². The van der Waals surface area contributed by atoms with E-state index in [-0.39, 0.29) is 11.8 Å². The molecule has 2 aromatic carbocycles. The van der Waals surface area contributed by atoms with E-state index in [0.717, 1.165) is 29.8 Å². The van der Waals surface area contributed by atoms with Crippen molar-refractivity contribution in [2.24, 2.45) is 0 Å². The molecule has 3 heterocycles. The predicted molar refractivity (Wildman–Crippen MR) is 134 cm³/mol. The van der Waals surface area contributed by atoms with Crippen LogP contribution in [0, 0.1) is 0 Å². The lowest BCUT2D eigenvalue weighted by molar-refractivity contribution is 0.0303. The number of rotatable bonds is 7. The van der Waals surface area contributed by atoms with Crippen molar-refractivity contribution in [1.29, 1.82) is 0 Å². The fourth-order valence-corrected chi connectivity index (χ4v) is 5.16. The third-order valence-electron chi connectivity index (χ3n) is 7.20. The highest BCUT2D eigenvalue weighted by Gasteiger charge is 2.26. The number of likely N-dealkylation sites (tertiary alicyclic amines) is 1. The Balaban J connectivity index is 1.12. The van der Waals surface area contributed by atoms with E-state index in [2.05, 4.69) is 4.90 Å². The number of carbonyl (C=O) groups excluding carboxylic acids is 2. The van der Waals surface area contributed by atoms with Gasteiger partial charge in [0.05, 0.1) is 19.8 Å². The second-order valence-electron chi connectivity index (χ2n) is 9.68. The van der Waals surface area contributed by atoms with Gasteiger partial charge in [0.25, 0.3) is 11.8 Å². The van der Waals surface area contributed by atoms with Crippen LogP contribution in [-0.2, 0) is 17.8 Å². The van der Waals surface area contributed by atoms with Gasteiger partial charge < -0.3 is 24.2 Å². The molecule has 0 saturated carbocycles. The average molecular weight is 478 g/mol. The van der Waals surface area contributed by atoms with Crippen LogP contribution in [0.25, 0.3) is 0 Å². The Labute approximate surface area is 207 Å². The highest BCUT2D eigenvalue weighted by atomic mass is 16.5. The number of hydrogen-bond acceptors (Lipinski definition) is 5. The van der Waals surface area contributed by atoms with E-state index < -0.39 is 0 Å². The molecule has 2 amide bonds. The number of piperidine rings is 1. The van der Waals surface area contributed by atoms with Gasteiger partial charge in [0.15, 0.2) is 0 Å². The maximum Gasteiger partial charge on any atom is 0.254 e. The molecule has 7 nitrogen and oxygen atoms in total. The van der Waals surface area contributed by atoms with Gasteiger partial charge in [-0.25, -0.2) is 0 Å². The van der Waals surface area contributed by atoms with Gasteiger partial charge in [-0.2, -0.15) is 0 Å². The first kappa shape index (κ1) is 23.8. The molecule has 0 N–H and O–H groups in total. The SMILES string of the molecule is O=C(c1ccc2c(c1)CN(C(=O)c1ccc(OCCCN3CCCCC3)cc1)C2)N1CCOCC1. The standard InChI is InChI=1S/C28H35N3O4/c32-27(22-7-9-26(10-8-22)35-16-4-13-29-11-2-1-3-12-29)31-20-24-6-5-23(19-25(24)21-31)28(33)30-14-17-34-18-15-30/h5-10,19H,1-4,11-18,20-21H2. The Morgan fingerprint density at radius 2 is 1.46 bits per heavy atom. The van der Waals surface area contributed by atoms with Crippen molar-refractivity contribution >= 4 is 11.8 Å². The molecule has 3 aliphatic heterocycles. The Bertz CT molecular complexity index is 1030. The number of benzene rings is 2. The monoisotopic (exact) mass is 477 g/mol. The van der Waals surface area contributed by atoms with Gasteiger partial charge in [0.1, 0.15) is 5.75 Å². The second kappa shape index (κ2) is 11.2. The van der Waals surface area contributed by atoms with E-state index in [9.17, 15) is 9.59 Å². The highest BCUT2D eigenvalue weighted by Crippen LogP contribution is 2.26. The van der Waals surface area contributed by atoms with Crippen LogP contribution < -0.4 is 4.74 Å². The highest BCUT2D eigenvalue weighted by molar-refractivity contribution is 5.96. The molecule has 2 aromatic rings. The average Bonchev–Trinajstić information content (AvgIpc) is 3.35. The van der Waals surface area contributed by atoms with Gasteiger partial charge in [-0.05, 0) is 79.9 Å². The van der Waals surface area contributed by atoms with Crippen molar-refractivity contribution < 1.29 is 19.1 Å². The maximum atomic E-state index is 13.1. The van der Waals surface area contributed by atoms with Crippen LogP contribution in [0.5, 0.6) is 5.75 Å². The summed E-state index contributed by atoms with van der Waals surface area (Å²) in [4.78, 5) is 32.1. The van der Waals surface area contributed by atoms with Crippen LogP contribution in [0.3, 0.4) is 0 Å². The molecule has 186 valence electrons. The fraction of sp³-hybridized carbons (Fsp3) is 0.500. The summed E-state index contributed by atoms with van der Waals surface area (Å²) in [6, 6.07) is 13.3. The molecule has 0 unspecified atom stereocenters. The minimum atomic E-state index is -0.00101. The molecule has 3 aliphatic rings. The van der Waals surface area contributed by atoms with Gasteiger partial charge >= 0.3 is 0 Å². The molecular weight excluding hydrogens is 442 g/mol. The fourth-order valence-electron chi connectivity index (χ4n) is 5.16. The third kappa shape index (κ3) is 5.85. The summed E-state index contributed by atoms with van der Waals surface area (Å²) in [7, 11) is 0. The van der Waals surface area contributed by atoms with E-state index in [1.54, 1.807) is 0 Å². The van der Waals surface area contributed by atoms with Gasteiger partial charge in [-0.1, -0.05) is 12.5 Å². The third-order valence-corrected chi connectivity index (χ3v) is 7.20. The number of ether oxygens (including phenoxy) is 2. The smallest absolute Gasteiger partial charge is 0.254 e.